The van der Waals surface area contributed by atoms with E-state index in [0.717, 1.165) is 11.1 Å². The van der Waals surface area contributed by atoms with Gasteiger partial charge in [0.15, 0.2) is 0 Å². The topological polar surface area (TPSA) is 0 Å². The molecule has 0 aromatic carbocycles. The van der Waals surface area contributed by atoms with Crippen molar-refractivity contribution in [2.24, 2.45) is 5.41 Å². The molecule has 140 valence electrons. The van der Waals surface area contributed by atoms with Gasteiger partial charge in [-0.05, 0) is 49.1 Å². The van der Waals surface area contributed by atoms with Gasteiger partial charge in [-0.1, -0.05) is 66.2 Å². The van der Waals surface area contributed by atoms with Crippen LogP contribution in [0.5, 0.6) is 0 Å². The van der Waals surface area contributed by atoms with Crippen molar-refractivity contribution in [3.8, 4) is 0 Å². The van der Waals surface area contributed by atoms with E-state index in [1.165, 1.54) is 78.7 Å². The van der Waals surface area contributed by atoms with E-state index < -0.39 is 0 Å². The Bertz CT molecular complexity index is 213. The van der Waals surface area contributed by atoms with Crippen molar-refractivity contribution in [3.63, 3.8) is 0 Å². The van der Waals surface area contributed by atoms with Crippen molar-refractivity contribution < 1.29 is 46.5 Å². The van der Waals surface area contributed by atoms with Gasteiger partial charge in [0.2, 0.25) is 0 Å². The molecule has 0 bridgehead atoms. The SMILES string of the molecule is CCCCP.CCCCPC1CCCC(CC)(CC)C1.[Cl-].[Cl-].[Ti+2]. The van der Waals surface area contributed by atoms with Gasteiger partial charge >= 0.3 is 21.7 Å². The normalized spacial score (nSPS) is 18.9. The standard InChI is InChI=1S/C14H29P.C4H11P.2ClH.Ti/c1-4-7-11-15-13-9-8-10-14(5-2,6-3)12-13;1-2-3-4-5;;;/h13,15H,4-12H2,1-3H3;2-5H2,1H3;2*1H;/q;;;;+2/p-2. The van der Waals surface area contributed by atoms with Crippen LogP contribution < -0.4 is 24.8 Å². The van der Waals surface area contributed by atoms with Crippen molar-refractivity contribution in [3.05, 3.63) is 0 Å². The molecular formula is C18H40Cl2P2Ti. The summed E-state index contributed by atoms with van der Waals surface area (Å²) in [5, 5.41) is 0. The average molecular weight is 437 g/mol. The Kier molecular flexibility index (Phi) is 31.6. The molecule has 3 unspecified atom stereocenters. The molecule has 1 aliphatic carbocycles. The first-order chi connectivity index (χ1) is 9.67. The first kappa shape index (κ1) is 32.8. The van der Waals surface area contributed by atoms with Crippen molar-refractivity contribution in [2.45, 2.75) is 97.6 Å². The maximum atomic E-state index is 2.70. The van der Waals surface area contributed by atoms with Crippen molar-refractivity contribution >= 4 is 17.8 Å². The fourth-order valence-electron chi connectivity index (χ4n) is 3.20. The summed E-state index contributed by atoms with van der Waals surface area (Å²) >= 11 is 0. The number of halogens is 2. The molecule has 0 aromatic rings. The summed E-state index contributed by atoms with van der Waals surface area (Å²) in [5.41, 5.74) is 1.83. The van der Waals surface area contributed by atoms with Crippen LogP contribution in [0.15, 0.2) is 0 Å². The number of hydrogen-bond acceptors (Lipinski definition) is 0. The maximum Gasteiger partial charge on any atom is 2.00 e. The Hall–Kier alpha value is 2.15. The third-order valence-corrected chi connectivity index (χ3v) is 7.08. The molecule has 0 aliphatic heterocycles. The number of unbranched alkanes of at least 4 members (excludes halogenated alkanes) is 2. The molecule has 0 radical (unpaired) electrons. The molecule has 1 fully saturated rings. The zero-order chi connectivity index (χ0) is 15.3. The second-order valence-electron chi connectivity index (χ2n) is 6.45. The fraction of sp³-hybridized carbons (Fsp3) is 1.00. The molecule has 0 nitrogen and oxygen atoms in total. The summed E-state index contributed by atoms with van der Waals surface area (Å²) in [6, 6.07) is 0. The summed E-state index contributed by atoms with van der Waals surface area (Å²) in [7, 11) is 3.96. The summed E-state index contributed by atoms with van der Waals surface area (Å²) in [5.74, 6) is 0. The van der Waals surface area contributed by atoms with Crippen LogP contribution in [0.4, 0.5) is 0 Å². The van der Waals surface area contributed by atoms with Gasteiger partial charge < -0.3 is 24.8 Å². The predicted octanol–water partition coefficient (Wildman–Crippen LogP) is 0.881. The van der Waals surface area contributed by atoms with E-state index >= 15 is 0 Å². The predicted molar refractivity (Wildman–Crippen MR) is 103 cm³/mol. The molecule has 1 saturated carbocycles. The van der Waals surface area contributed by atoms with Crippen molar-refractivity contribution in [1.29, 1.82) is 0 Å². The molecule has 0 heterocycles. The Morgan fingerprint density at radius 1 is 1.00 bits per heavy atom. The van der Waals surface area contributed by atoms with E-state index in [2.05, 4.69) is 36.9 Å². The molecule has 0 N–H and O–H groups in total. The van der Waals surface area contributed by atoms with Gasteiger partial charge in [0, 0.05) is 0 Å². The molecular weight excluding hydrogens is 397 g/mol. The Morgan fingerprint density at radius 3 is 1.96 bits per heavy atom. The molecule has 0 saturated heterocycles. The minimum atomic E-state index is 0. The molecule has 1 aliphatic rings. The van der Waals surface area contributed by atoms with Gasteiger partial charge in [-0.15, -0.1) is 17.8 Å². The van der Waals surface area contributed by atoms with E-state index in [1.807, 2.05) is 0 Å². The van der Waals surface area contributed by atoms with Gasteiger partial charge in [-0.25, -0.2) is 0 Å². The Balaban J connectivity index is -0.000000199. The number of hydrogen-bond donors (Lipinski definition) is 0. The second kappa shape index (κ2) is 22.2. The fourth-order valence-corrected chi connectivity index (χ4v) is 5.56. The quantitative estimate of drug-likeness (QED) is 0.301. The smallest absolute Gasteiger partial charge is 1.00 e. The van der Waals surface area contributed by atoms with Crippen LogP contribution in [0, 0.1) is 5.41 Å². The first-order valence-corrected chi connectivity index (χ1v) is 11.2. The van der Waals surface area contributed by atoms with E-state index in [9.17, 15) is 0 Å². The van der Waals surface area contributed by atoms with Crippen molar-refractivity contribution in [1.82, 2.24) is 0 Å². The molecule has 1 rings (SSSR count). The van der Waals surface area contributed by atoms with Gasteiger partial charge in [-0.3, -0.25) is 0 Å². The maximum absolute atomic E-state index is 2.70. The molecule has 0 aromatic heterocycles. The van der Waals surface area contributed by atoms with Gasteiger partial charge in [0.25, 0.3) is 0 Å². The second-order valence-corrected chi connectivity index (χ2v) is 8.75. The molecule has 3 atom stereocenters. The first-order valence-electron chi connectivity index (χ1n) is 9.11. The van der Waals surface area contributed by atoms with Gasteiger partial charge in [-0.2, -0.15) is 0 Å². The minimum Gasteiger partial charge on any atom is -1.00 e. The van der Waals surface area contributed by atoms with Crippen molar-refractivity contribution in [2.75, 3.05) is 12.3 Å². The monoisotopic (exact) mass is 436 g/mol. The van der Waals surface area contributed by atoms with E-state index in [0.29, 0.717) is 0 Å². The molecule has 23 heavy (non-hydrogen) atoms. The van der Waals surface area contributed by atoms with Crippen LogP contribution in [0.3, 0.4) is 0 Å². The van der Waals surface area contributed by atoms with E-state index in [1.54, 1.807) is 6.42 Å². The van der Waals surface area contributed by atoms with Crippen LogP contribution >= 0.6 is 17.8 Å². The zero-order valence-corrected chi connectivity index (χ0v) is 21.1. The van der Waals surface area contributed by atoms with Crippen LogP contribution in [0.2, 0.25) is 0 Å². The summed E-state index contributed by atoms with van der Waals surface area (Å²) in [4.78, 5) is 0. The Morgan fingerprint density at radius 2 is 1.57 bits per heavy atom. The minimum absolute atomic E-state index is 0. The summed E-state index contributed by atoms with van der Waals surface area (Å²) in [6.07, 6.45) is 17.2. The Labute approximate surface area is 179 Å². The van der Waals surface area contributed by atoms with Gasteiger partial charge in [0.1, 0.15) is 0 Å². The zero-order valence-electron chi connectivity index (χ0n) is 15.9. The largest absolute Gasteiger partial charge is 2.00 e. The van der Waals surface area contributed by atoms with Crippen LogP contribution in [-0.2, 0) is 21.7 Å². The van der Waals surface area contributed by atoms with Gasteiger partial charge in [0.05, 0.1) is 0 Å². The van der Waals surface area contributed by atoms with E-state index in [4.69, 9.17) is 0 Å². The molecule has 0 amide bonds. The van der Waals surface area contributed by atoms with Crippen LogP contribution in [0.1, 0.15) is 91.9 Å². The summed E-state index contributed by atoms with van der Waals surface area (Å²) in [6.45, 7) is 9.32. The molecule has 0 spiro atoms. The summed E-state index contributed by atoms with van der Waals surface area (Å²) < 4.78 is 0. The number of rotatable bonds is 8. The average Bonchev–Trinajstić information content (AvgIpc) is 2.49. The molecule has 5 heteroatoms. The van der Waals surface area contributed by atoms with Crippen LogP contribution in [0.25, 0.3) is 0 Å². The van der Waals surface area contributed by atoms with Crippen LogP contribution in [-0.4, -0.2) is 18.0 Å². The third-order valence-electron chi connectivity index (χ3n) is 4.96. The van der Waals surface area contributed by atoms with E-state index in [-0.39, 0.29) is 46.5 Å². The third kappa shape index (κ3) is 16.1.